The largest absolute Gasteiger partial charge is 0.392 e. The first-order chi connectivity index (χ1) is 9.54. The normalized spacial score (nSPS) is 19.5. The second-order valence-electron chi connectivity index (χ2n) is 5.98. The third-order valence-corrected chi connectivity index (χ3v) is 3.51. The van der Waals surface area contributed by atoms with Crippen LogP contribution in [-0.2, 0) is 6.54 Å². The monoisotopic (exact) mass is 276 g/mol. The number of carbonyl (C=O) groups excluding carboxylic acids is 1. The predicted molar refractivity (Wildman–Crippen MR) is 79.5 cm³/mol. The van der Waals surface area contributed by atoms with Crippen LogP contribution in [0.4, 0.5) is 0 Å². The lowest BCUT2D eigenvalue weighted by atomic mass is 10.1. The Morgan fingerprint density at radius 1 is 1.50 bits per heavy atom. The van der Waals surface area contributed by atoms with Crippen molar-refractivity contribution in [2.75, 3.05) is 19.6 Å². The molecule has 4 nitrogen and oxygen atoms in total. The molecule has 1 aliphatic rings. The topological polar surface area (TPSA) is 52.6 Å². The molecule has 1 atom stereocenters. The second-order valence-corrected chi connectivity index (χ2v) is 5.98. The van der Waals surface area contributed by atoms with Crippen LogP contribution in [0, 0.1) is 5.92 Å². The van der Waals surface area contributed by atoms with Crippen molar-refractivity contribution in [1.29, 1.82) is 0 Å². The third kappa shape index (κ3) is 4.32. The van der Waals surface area contributed by atoms with Gasteiger partial charge in [0, 0.05) is 31.7 Å². The van der Waals surface area contributed by atoms with Crippen molar-refractivity contribution in [3.63, 3.8) is 0 Å². The first-order valence-electron chi connectivity index (χ1n) is 7.32. The Morgan fingerprint density at radius 2 is 2.30 bits per heavy atom. The summed E-state index contributed by atoms with van der Waals surface area (Å²) in [5, 5.41) is 12.5. The van der Waals surface area contributed by atoms with Gasteiger partial charge in [-0.3, -0.25) is 9.69 Å². The van der Waals surface area contributed by atoms with Gasteiger partial charge in [0.05, 0.1) is 6.10 Å². The van der Waals surface area contributed by atoms with Crippen molar-refractivity contribution in [2.24, 2.45) is 5.92 Å². The highest BCUT2D eigenvalue weighted by atomic mass is 16.3. The SMILES string of the molecule is CC(C)CNC(=O)c1cccc(CN2CC[C@H](O)C2)c1. The minimum atomic E-state index is -0.201. The van der Waals surface area contributed by atoms with E-state index in [0.717, 1.165) is 31.6 Å². The molecule has 1 aliphatic heterocycles. The molecule has 1 amide bonds. The zero-order chi connectivity index (χ0) is 14.5. The number of hydrogen-bond donors (Lipinski definition) is 2. The molecule has 2 rings (SSSR count). The summed E-state index contributed by atoms with van der Waals surface area (Å²) in [5.41, 5.74) is 1.83. The van der Waals surface area contributed by atoms with Crippen LogP contribution in [0.1, 0.15) is 36.2 Å². The summed E-state index contributed by atoms with van der Waals surface area (Å²) >= 11 is 0. The molecule has 0 unspecified atom stereocenters. The molecule has 0 spiro atoms. The highest BCUT2D eigenvalue weighted by molar-refractivity contribution is 5.94. The maximum absolute atomic E-state index is 12.0. The molecule has 1 heterocycles. The Balaban J connectivity index is 1.95. The fraction of sp³-hybridized carbons (Fsp3) is 0.562. The Morgan fingerprint density at radius 3 is 2.95 bits per heavy atom. The minimum Gasteiger partial charge on any atom is -0.392 e. The van der Waals surface area contributed by atoms with Gasteiger partial charge in [0.25, 0.3) is 5.91 Å². The summed E-state index contributed by atoms with van der Waals surface area (Å²) in [5.74, 6) is 0.440. The van der Waals surface area contributed by atoms with Gasteiger partial charge in [-0.1, -0.05) is 26.0 Å². The molecular formula is C16H24N2O2. The molecule has 20 heavy (non-hydrogen) atoms. The Hall–Kier alpha value is -1.39. The van der Waals surface area contributed by atoms with E-state index in [1.807, 2.05) is 24.3 Å². The molecule has 1 aromatic carbocycles. The van der Waals surface area contributed by atoms with Crippen molar-refractivity contribution in [3.05, 3.63) is 35.4 Å². The Bertz CT molecular complexity index is 460. The highest BCUT2D eigenvalue weighted by Gasteiger charge is 2.20. The average Bonchev–Trinajstić information content (AvgIpc) is 2.81. The summed E-state index contributed by atoms with van der Waals surface area (Å²) in [6.45, 7) is 7.29. The lowest BCUT2D eigenvalue weighted by Crippen LogP contribution is -2.27. The molecule has 0 radical (unpaired) electrons. The average molecular weight is 276 g/mol. The van der Waals surface area contributed by atoms with Gasteiger partial charge in [-0.05, 0) is 30.0 Å². The maximum Gasteiger partial charge on any atom is 0.251 e. The van der Waals surface area contributed by atoms with Crippen LogP contribution in [0.2, 0.25) is 0 Å². The van der Waals surface area contributed by atoms with Gasteiger partial charge in [-0.15, -0.1) is 0 Å². The van der Waals surface area contributed by atoms with E-state index in [0.29, 0.717) is 18.0 Å². The standard InChI is InChI=1S/C16H24N2O2/c1-12(2)9-17-16(20)14-5-3-4-13(8-14)10-18-7-6-15(19)11-18/h3-5,8,12,15,19H,6-7,9-11H2,1-2H3,(H,17,20)/t15-/m0/s1. The number of benzene rings is 1. The van der Waals surface area contributed by atoms with E-state index in [2.05, 4.69) is 24.1 Å². The lowest BCUT2D eigenvalue weighted by Gasteiger charge is -2.15. The van der Waals surface area contributed by atoms with Crippen molar-refractivity contribution < 1.29 is 9.90 Å². The summed E-state index contributed by atoms with van der Waals surface area (Å²) in [6.07, 6.45) is 0.640. The van der Waals surface area contributed by atoms with Crippen LogP contribution in [-0.4, -0.2) is 41.7 Å². The molecule has 0 aromatic heterocycles. The van der Waals surface area contributed by atoms with Crippen LogP contribution < -0.4 is 5.32 Å². The molecule has 0 saturated carbocycles. The molecule has 0 aliphatic carbocycles. The van der Waals surface area contributed by atoms with Crippen molar-refractivity contribution in [3.8, 4) is 0 Å². The first kappa shape index (κ1) is 15.0. The zero-order valence-electron chi connectivity index (χ0n) is 12.3. The fourth-order valence-electron chi connectivity index (χ4n) is 2.42. The number of aliphatic hydroxyl groups is 1. The van der Waals surface area contributed by atoms with Gasteiger partial charge in [0.15, 0.2) is 0 Å². The fourth-order valence-corrected chi connectivity index (χ4v) is 2.42. The quantitative estimate of drug-likeness (QED) is 0.859. The molecule has 1 fully saturated rings. The summed E-state index contributed by atoms with van der Waals surface area (Å²) in [7, 11) is 0. The highest BCUT2D eigenvalue weighted by Crippen LogP contribution is 2.14. The molecule has 4 heteroatoms. The van der Waals surface area contributed by atoms with E-state index >= 15 is 0 Å². The molecule has 110 valence electrons. The number of amides is 1. The third-order valence-electron chi connectivity index (χ3n) is 3.51. The molecule has 2 N–H and O–H groups in total. The summed E-state index contributed by atoms with van der Waals surface area (Å²) in [4.78, 5) is 14.2. The van der Waals surface area contributed by atoms with Gasteiger partial charge in [-0.2, -0.15) is 0 Å². The van der Waals surface area contributed by atoms with Crippen LogP contribution in [0.3, 0.4) is 0 Å². The minimum absolute atomic E-state index is 0.0120. The predicted octanol–water partition coefficient (Wildman–Crippen LogP) is 1.64. The van der Waals surface area contributed by atoms with Crippen LogP contribution >= 0.6 is 0 Å². The molecular weight excluding hydrogens is 252 g/mol. The Labute approximate surface area is 120 Å². The number of nitrogens with one attached hydrogen (secondary N) is 1. The van der Waals surface area contributed by atoms with Crippen molar-refractivity contribution in [1.82, 2.24) is 10.2 Å². The van der Waals surface area contributed by atoms with Gasteiger partial charge in [0.2, 0.25) is 0 Å². The smallest absolute Gasteiger partial charge is 0.251 e. The van der Waals surface area contributed by atoms with E-state index < -0.39 is 0 Å². The number of β-amino-alcohol motifs (C(OH)–C–C–N with tert-alkyl or cyclic N) is 1. The molecule has 1 aromatic rings. The van der Waals surface area contributed by atoms with Crippen LogP contribution in [0.5, 0.6) is 0 Å². The number of rotatable bonds is 5. The summed E-state index contributed by atoms with van der Waals surface area (Å²) in [6, 6.07) is 7.74. The van der Waals surface area contributed by atoms with E-state index in [1.165, 1.54) is 0 Å². The van der Waals surface area contributed by atoms with E-state index in [-0.39, 0.29) is 12.0 Å². The first-order valence-corrected chi connectivity index (χ1v) is 7.32. The number of likely N-dealkylation sites (tertiary alicyclic amines) is 1. The number of hydrogen-bond acceptors (Lipinski definition) is 3. The molecule has 0 bridgehead atoms. The van der Waals surface area contributed by atoms with E-state index in [1.54, 1.807) is 0 Å². The van der Waals surface area contributed by atoms with Crippen LogP contribution in [0.15, 0.2) is 24.3 Å². The number of nitrogens with zero attached hydrogens (tertiary/aromatic N) is 1. The van der Waals surface area contributed by atoms with Gasteiger partial charge in [-0.25, -0.2) is 0 Å². The summed E-state index contributed by atoms with van der Waals surface area (Å²) < 4.78 is 0. The number of carbonyl (C=O) groups is 1. The van der Waals surface area contributed by atoms with Crippen molar-refractivity contribution in [2.45, 2.75) is 32.9 Å². The zero-order valence-corrected chi connectivity index (χ0v) is 12.3. The van der Waals surface area contributed by atoms with Gasteiger partial charge < -0.3 is 10.4 Å². The lowest BCUT2D eigenvalue weighted by molar-refractivity contribution is 0.0948. The molecule has 1 saturated heterocycles. The van der Waals surface area contributed by atoms with Gasteiger partial charge in [0.1, 0.15) is 0 Å². The maximum atomic E-state index is 12.0. The number of aliphatic hydroxyl groups excluding tert-OH is 1. The second kappa shape index (κ2) is 6.86. The van der Waals surface area contributed by atoms with E-state index in [4.69, 9.17) is 0 Å². The Kier molecular flexibility index (Phi) is 5.15. The van der Waals surface area contributed by atoms with Crippen LogP contribution in [0.25, 0.3) is 0 Å². The van der Waals surface area contributed by atoms with Gasteiger partial charge >= 0.3 is 0 Å². The van der Waals surface area contributed by atoms with Crippen molar-refractivity contribution >= 4 is 5.91 Å². The van der Waals surface area contributed by atoms with E-state index in [9.17, 15) is 9.90 Å².